The van der Waals surface area contributed by atoms with Gasteiger partial charge in [0.2, 0.25) is 3.79 Å². The van der Waals surface area contributed by atoms with E-state index in [0.717, 1.165) is 10.9 Å². The number of alkyl halides is 3. The molecule has 1 aromatic carbocycles. The lowest BCUT2D eigenvalue weighted by molar-refractivity contribution is 0.0793. The maximum absolute atomic E-state index is 11.9. The summed E-state index contributed by atoms with van der Waals surface area (Å²) in [6.45, 7) is 0. The van der Waals surface area contributed by atoms with Crippen LogP contribution in [0.5, 0.6) is 0 Å². The maximum Gasteiger partial charge on any atom is 0.255 e. The number of aromatic nitrogens is 1. The summed E-state index contributed by atoms with van der Waals surface area (Å²) in [4.78, 5) is 14.8. The molecule has 1 atom stereocenters. The zero-order valence-corrected chi connectivity index (χ0v) is 11.2. The molecule has 1 aromatic heterocycles. The van der Waals surface area contributed by atoms with Crippen LogP contribution >= 0.6 is 34.8 Å². The third-order valence-corrected chi connectivity index (χ3v) is 3.03. The molecule has 96 valence electrons. The van der Waals surface area contributed by atoms with Crippen molar-refractivity contribution < 1.29 is 9.90 Å². The quantitative estimate of drug-likeness (QED) is 0.590. The van der Waals surface area contributed by atoms with Crippen molar-refractivity contribution in [3.8, 4) is 0 Å². The summed E-state index contributed by atoms with van der Waals surface area (Å²) in [5.74, 6) is -0.522. The molecule has 0 bridgehead atoms. The predicted octanol–water partition coefficient (Wildman–Crippen LogP) is 2.59. The van der Waals surface area contributed by atoms with Crippen molar-refractivity contribution in [1.29, 1.82) is 0 Å². The van der Waals surface area contributed by atoms with Gasteiger partial charge in [0.15, 0.2) is 6.23 Å². The molecule has 2 aromatic rings. The van der Waals surface area contributed by atoms with Crippen molar-refractivity contribution >= 4 is 51.6 Å². The lowest BCUT2D eigenvalue weighted by Gasteiger charge is -2.19. The van der Waals surface area contributed by atoms with Gasteiger partial charge in [0.25, 0.3) is 5.91 Å². The monoisotopic (exact) mass is 306 g/mol. The summed E-state index contributed by atoms with van der Waals surface area (Å²) in [6.07, 6.45) is -0.0471. The van der Waals surface area contributed by atoms with Crippen LogP contribution in [-0.2, 0) is 0 Å². The molecule has 0 radical (unpaired) electrons. The van der Waals surface area contributed by atoms with E-state index in [1.165, 1.54) is 6.20 Å². The summed E-state index contributed by atoms with van der Waals surface area (Å²) in [7, 11) is 0. The van der Waals surface area contributed by atoms with Crippen LogP contribution in [0.2, 0.25) is 0 Å². The molecule has 0 saturated carbocycles. The second-order valence-corrected chi connectivity index (χ2v) is 6.03. The third kappa shape index (κ3) is 2.72. The first-order chi connectivity index (χ1) is 8.39. The average Bonchev–Trinajstić information content (AvgIpc) is 2.71. The number of benzene rings is 1. The van der Waals surface area contributed by atoms with Gasteiger partial charge >= 0.3 is 0 Å². The van der Waals surface area contributed by atoms with Crippen LogP contribution in [0.3, 0.4) is 0 Å². The van der Waals surface area contributed by atoms with Gasteiger partial charge in [0.1, 0.15) is 0 Å². The van der Waals surface area contributed by atoms with Gasteiger partial charge in [-0.2, -0.15) is 0 Å². The topological polar surface area (TPSA) is 65.1 Å². The van der Waals surface area contributed by atoms with Gasteiger partial charge in [-0.05, 0) is 6.07 Å². The molecule has 1 amide bonds. The van der Waals surface area contributed by atoms with E-state index >= 15 is 0 Å². The largest absolute Gasteiger partial charge is 0.369 e. The minimum Gasteiger partial charge on any atom is -0.369 e. The maximum atomic E-state index is 11.9. The van der Waals surface area contributed by atoms with Gasteiger partial charge in [0.05, 0.1) is 5.56 Å². The Morgan fingerprint density at radius 1 is 1.33 bits per heavy atom. The van der Waals surface area contributed by atoms with Crippen molar-refractivity contribution in [3.05, 3.63) is 36.0 Å². The highest BCUT2D eigenvalue weighted by Gasteiger charge is 2.32. The highest BCUT2D eigenvalue weighted by atomic mass is 35.6. The summed E-state index contributed by atoms with van der Waals surface area (Å²) in [5.41, 5.74) is 1.19. The van der Waals surface area contributed by atoms with Crippen molar-refractivity contribution in [3.63, 3.8) is 0 Å². The first-order valence-corrected chi connectivity index (χ1v) is 6.15. The lowest BCUT2D eigenvalue weighted by Crippen LogP contribution is -2.43. The van der Waals surface area contributed by atoms with E-state index in [1.807, 2.05) is 12.1 Å². The second kappa shape index (κ2) is 4.97. The van der Waals surface area contributed by atoms with Crippen LogP contribution in [0.25, 0.3) is 10.9 Å². The molecule has 2 rings (SSSR count). The Hall–Kier alpha value is -0.940. The van der Waals surface area contributed by atoms with Crippen LogP contribution in [0.4, 0.5) is 0 Å². The Kier molecular flexibility index (Phi) is 3.73. The number of aliphatic hydroxyl groups is 1. The van der Waals surface area contributed by atoms with E-state index in [0.29, 0.717) is 5.56 Å². The lowest BCUT2D eigenvalue weighted by atomic mass is 10.1. The number of amides is 1. The molecular weight excluding hydrogens is 298 g/mol. The molecule has 0 fully saturated rings. The number of para-hydroxylation sites is 1. The van der Waals surface area contributed by atoms with Crippen LogP contribution in [-0.4, -0.2) is 26.0 Å². The zero-order valence-electron chi connectivity index (χ0n) is 8.95. The van der Waals surface area contributed by atoms with Crippen LogP contribution < -0.4 is 5.32 Å². The minimum atomic E-state index is -1.97. The van der Waals surface area contributed by atoms with Crippen molar-refractivity contribution in [2.24, 2.45) is 0 Å². The Morgan fingerprint density at radius 3 is 2.67 bits per heavy atom. The van der Waals surface area contributed by atoms with Crippen molar-refractivity contribution in [2.75, 3.05) is 0 Å². The van der Waals surface area contributed by atoms with E-state index in [-0.39, 0.29) is 0 Å². The number of rotatable bonds is 2. The molecule has 3 N–H and O–H groups in total. The summed E-state index contributed by atoms with van der Waals surface area (Å²) in [6, 6.07) is 7.26. The number of H-pyrrole nitrogens is 1. The van der Waals surface area contributed by atoms with Crippen molar-refractivity contribution in [2.45, 2.75) is 10.0 Å². The zero-order chi connectivity index (χ0) is 13.3. The fourth-order valence-electron chi connectivity index (χ4n) is 1.54. The number of carbonyl (C=O) groups is 1. The number of nitrogens with one attached hydrogen (secondary N) is 2. The van der Waals surface area contributed by atoms with E-state index in [4.69, 9.17) is 34.8 Å². The normalized spacial score (nSPS) is 13.6. The molecule has 1 unspecified atom stereocenters. The minimum absolute atomic E-state index is 0.374. The number of aliphatic hydroxyl groups excluding tert-OH is 1. The third-order valence-electron chi connectivity index (χ3n) is 2.41. The van der Waals surface area contributed by atoms with Gasteiger partial charge in [-0.25, -0.2) is 0 Å². The van der Waals surface area contributed by atoms with Crippen LogP contribution in [0.15, 0.2) is 30.5 Å². The molecule has 0 aliphatic heterocycles. The summed E-state index contributed by atoms with van der Waals surface area (Å²) >= 11 is 16.4. The molecule has 7 heteroatoms. The second-order valence-electron chi connectivity index (χ2n) is 3.67. The van der Waals surface area contributed by atoms with Crippen LogP contribution in [0.1, 0.15) is 10.4 Å². The number of carbonyl (C=O) groups excluding carboxylic acids is 1. The fraction of sp³-hybridized carbons (Fsp3) is 0.182. The number of hydrogen-bond donors (Lipinski definition) is 3. The molecule has 0 aliphatic carbocycles. The number of halogens is 3. The summed E-state index contributed by atoms with van der Waals surface area (Å²) in [5, 5.41) is 12.4. The molecule has 0 spiro atoms. The Morgan fingerprint density at radius 2 is 2.00 bits per heavy atom. The first-order valence-electron chi connectivity index (χ1n) is 5.01. The van der Waals surface area contributed by atoms with Crippen molar-refractivity contribution in [1.82, 2.24) is 10.3 Å². The van der Waals surface area contributed by atoms with Crippen LogP contribution in [0, 0.1) is 0 Å². The number of aromatic amines is 1. The van der Waals surface area contributed by atoms with E-state index < -0.39 is 15.9 Å². The first kappa shape index (κ1) is 13.5. The summed E-state index contributed by atoms with van der Waals surface area (Å²) < 4.78 is -1.97. The molecule has 0 saturated heterocycles. The number of fused-ring (bicyclic) bond motifs is 1. The molecule has 4 nitrogen and oxygen atoms in total. The Bertz CT molecular complexity index is 577. The van der Waals surface area contributed by atoms with E-state index in [2.05, 4.69) is 10.3 Å². The average molecular weight is 308 g/mol. The smallest absolute Gasteiger partial charge is 0.255 e. The highest BCUT2D eigenvalue weighted by Crippen LogP contribution is 2.29. The molecule has 1 heterocycles. The van der Waals surface area contributed by atoms with Gasteiger partial charge in [-0.3, -0.25) is 4.79 Å². The SMILES string of the molecule is O=C(NC(O)C(Cl)(Cl)Cl)c1c[nH]c2ccccc12. The van der Waals surface area contributed by atoms with E-state index in [1.54, 1.807) is 12.1 Å². The fourth-order valence-corrected chi connectivity index (χ4v) is 1.71. The van der Waals surface area contributed by atoms with Gasteiger partial charge in [-0.15, -0.1) is 0 Å². The highest BCUT2D eigenvalue weighted by molar-refractivity contribution is 6.68. The van der Waals surface area contributed by atoms with Gasteiger partial charge in [0, 0.05) is 17.1 Å². The standard InChI is InChI=1S/C11H9Cl3N2O2/c12-11(13,14)10(18)16-9(17)7-5-15-8-4-2-1-3-6(7)8/h1-5,10,15,18H,(H,16,17). The van der Waals surface area contributed by atoms with Gasteiger partial charge < -0.3 is 15.4 Å². The number of hydrogen-bond acceptors (Lipinski definition) is 2. The Labute approximate surface area is 118 Å². The van der Waals surface area contributed by atoms with E-state index in [9.17, 15) is 9.90 Å². The predicted molar refractivity (Wildman–Crippen MR) is 72.1 cm³/mol. The molecular formula is C11H9Cl3N2O2. The Balaban J connectivity index is 2.24. The molecule has 18 heavy (non-hydrogen) atoms. The van der Waals surface area contributed by atoms with Gasteiger partial charge in [-0.1, -0.05) is 53.0 Å². The molecule has 0 aliphatic rings.